The van der Waals surface area contributed by atoms with Gasteiger partial charge in [-0.25, -0.2) is 4.39 Å². The number of nitrogens with zero attached hydrogens (tertiary/aromatic N) is 1. The highest BCUT2D eigenvalue weighted by Crippen LogP contribution is 2.22. The van der Waals surface area contributed by atoms with Gasteiger partial charge in [0.15, 0.2) is 6.10 Å². The van der Waals surface area contributed by atoms with E-state index in [4.69, 9.17) is 16.3 Å². The third-order valence-corrected chi connectivity index (χ3v) is 4.17. The second kappa shape index (κ2) is 8.80. The summed E-state index contributed by atoms with van der Waals surface area (Å²) < 4.78 is 18.1. The molecule has 2 rings (SSSR count). The summed E-state index contributed by atoms with van der Waals surface area (Å²) in [4.78, 5) is 37.4. The number of likely N-dealkylation sites (tertiary alicyclic amines) is 1. The van der Waals surface area contributed by atoms with Gasteiger partial charge in [-0.05, 0) is 38.0 Å². The molecule has 136 valence electrons. The Morgan fingerprint density at radius 1 is 1.36 bits per heavy atom. The second-order valence-electron chi connectivity index (χ2n) is 5.87. The number of rotatable bonds is 5. The zero-order valence-corrected chi connectivity index (χ0v) is 14.6. The lowest BCUT2D eigenvalue weighted by molar-refractivity contribution is -0.156. The summed E-state index contributed by atoms with van der Waals surface area (Å²) in [6.45, 7) is 1.75. The molecule has 0 spiro atoms. The molecule has 0 aliphatic carbocycles. The Morgan fingerprint density at radius 3 is 2.84 bits per heavy atom. The topological polar surface area (TPSA) is 75.7 Å². The molecule has 0 saturated carbocycles. The third-order valence-electron chi connectivity index (χ3n) is 3.86. The summed E-state index contributed by atoms with van der Waals surface area (Å²) in [5, 5.41) is 2.51. The summed E-state index contributed by atoms with van der Waals surface area (Å²) in [7, 11) is 0. The van der Waals surface area contributed by atoms with Crippen molar-refractivity contribution in [3.05, 3.63) is 29.0 Å². The van der Waals surface area contributed by atoms with Crippen molar-refractivity contribution in [3.8, 4) is 0 Å². The number of benzene rings is 1. The highest BCUT2D eigenvalue weighted by atomic mass is 35.5. The number of halogens is 2. The average Bonchev–Trinajstić information content (AvgIpc) is 2.74. The van der Waals surface area contributed by atoms with Gasteiger partial charge in [-0.3, -0.25) is 14.4 Å². The molecule has 6 nitrogen and oxygen atoms in total. The molecule has 1 fully saturated rings. The van der Waals surface area contributed by atoms with E-state index in [1.54, 1.807) is 0 Å². The molecule has 1 atom stereocenters. The van der Waals surface area contributed by atoms with Crippen molar-refractivity contribution in [1.29, 1.82) is 0 Å². The van der Waals surface area contributed by atoms with Gasteiger partial charge < -0.3 is 15.0 Å². The zero-order valence-electron chi connectivity index (χ0n) is 13.9. The maximum Gasteiger partial charge on any atom is 0.326 e. The first-order valence-electron chi connectivity index (χ1n) is 8.10. The highest BCUT2D eigenvalue weighted by molar-refractivity contribution is 6.33. The Morgan fingerprint density at radius 2 is 2.12 bits per heavy atom. The van der Waals surface area contributed by atoms with Crippen LogP contribution >= 0.6 is 11.6 Å². The molecule has 1 aliphatic rings. The van der Waals surface area contributed by atoms with Gasteiger partial charge in [-0.2, -0.15) is 0 Å². The Kier molecular flexibility index (Phi) is 6.75. The zero-order chi connectivity index (χ0) is 18.4. The summed E-state index contributed by atoms with van der Waals surface area (Å²) in [6, 6.07) is 3.54. The maximum absolute atomic E-state index is 13.0. The quantitative estimate of drug-likeness (QED) is 0.808. The van der Waals surface area contributed by atoms with E-state index in [9.17, 15) is 18.8 Å². The van der Waals surface area contributed by atoms with E-state index < -0.39 is 23.8 Å². The van der Waals surface area contributed by atoms with E-state index in [2.05, 4.69) is 5.32 Å². The van der Waals surface area contributed by atoms with Crippen molar-refractivity contribution in [3.63, 3.8) is 0 Å². The fourth-order valence-corrected chi connectivity index (χ4v) is 2.69. The first-order valence-corrected chi connectivity index (χ1v) is 8.48. The molecule has 1 unspecified atom stereocenters. The molecule has 1 heterocycles. The van der Waals surface area contributed by atoms with Gasteiger partial charge in [0.2, 0.25) is 5.91 Å². The minimum atomic E-state index is -1.07. The van der Waals surface area contributed by atoms with Gasteiger partial charge in [-0.1, -0.05) is 18.0 Å². The Bertz CT molecular complexity index is 668. The van der Waals surface area contributed by atoms with Crippen LogP contribution in [0.4, 0.5) is 10.1 Å². The predicted octanol–water partition coefficient (Wildman–Crippen LogP) is 2.75. The smallest absolute Gasteiger partial charge is 0.326 e. The van der Waals surface area contributed by atoms with Crippen molar-refractivity contribution in [2.45, 2.75) is 38.7 Å². The Hall–Kier alpha value is -2.15. The lowest BCUT2D eigenvalue weighted by Crippen LogP contribution is -2.38. The molecule has 8 heteroatoms. The molecule has 1 aliphatic heterocycles. The number of esters is 1. The van der Waals surface area contributed by atoms with Crippen LogP contribution in [0.2, 0.25) is 5.02 Å². The molecular formula is C17H20ClFN2O4. The van der Waals surface area contributed by atoms with Gasteiger partial charge in [0.05, 0.1) is 10.7 Å². The van der Waals surface area contributed by atoms with Gasteiger partial charge in [-0.15, -0.1) is 0 Å². The number of hydrogen-bond donors (Lipinski definition) is 1. The van der Waals surface area contributed by atoms with Crippen LogP contribution < -0.4 is 5.32 Å². The van der Waals surface area contributed by atoms with E-state index in [1.165, 1.54) is 17.9 Å². The molecule has 1 saturated heterocycles. The first-order chi connectivity index (χ1) is 11.9. The standard InChI is InChI=1S/C17H20ClFN2O4/c1-11(17(24)20-14-7-6-12(19)9-13(14)18)25-16(23)10-21-8-4-2-3-5-15(21)22/h6-7,9,11H,2-5,8,10H2,1H3,(H,20,24). The van der Waals surface area contributed by atoms with E-state index in [0.717, 1.165) is 31.4 Å². The molecule has 0 bridgehead atoms. The largest absolute Gasteiger partial charge is 0.451 e. The number of nitrogens with one attached hydrogen (secondary N) is 1. The number of amides is 2. The predicted molar refractivity (Wildman–Crippen MR) is 90.6 cm³/mol. The van der Waals surface area contributed by atoms with Crippen molar-refractivity contribution in [2.24, 2.45) is 0 Å². The van der Waals surface area contributed by atoms with Crippen LogP contribution in [0.5, 0.6) is 0 Å². The lowest BCUT2D eigenvalue weighted by atomic mass is 10.2. The summed E-state index contributed by atoms with van der Waals surface area (Å²) in [6.07, 6.45) is 1.97. The number of carbonyl (C=O) groups is 3. The van der Waals surface area contributed by atoms with E-state index in [-0.39, 0.29) is 23.2 Å². The van der Waals surface area contributed by atoms with Gasteiger partial charge in [0.1, 0.15) is 12.4 Å². The Labute approximate surface area is 150 Å². The average molecular weight is 371 g/mol. The third kappa shape index (κ3) is 5.70. The van der Waals surface area contributed by atoms with Crippen LogP contribution in [0.3, 0.4) is 0 Å². The number of ether oxygens (including phenoxy) is 1. The van der Waals surface area contributed by atoms with Gasteiger partial charge in [0.25, 0.3) is 5.91 Å². The number of hydrogen-bond acceptors (Lipinski definition) is 4. The van der Waals surface area contributed by atoms with E-state index in [1.807, 2.05) is 0 Å². The molecule has 2 amide bonds. The van der Waals surface area contributed by atoms with Crippen molar-refractivity contribution in [2.75, 3.05) is 18.4 Å². The molecule has 0 radical (unpaired) electrons. The highest BCUT2D eigenvalue weighted by Gasteiger charge is 2.23. The van der Waals surface area contributed by atoms with Gasteiger partial charge in [0, 0.05) is 13.0 Å². The van der Waals surface area contributed by atoms with Crippen LogP contribution in [0, 0.1) is 5.82 Å². The first kappa shape index (κ1) is 19.2. The molecule has 0 aromatic heterocycles. The van der Waals surface area contributed by atoms with Gasteiger partial charge >= 0.3 is 5.97 Å². The van der Waals surface area contributed by atoms with E-state index in [0.29, 0.717) is 13.0 Å². The van der Waals surface area contributed by atoms with Crippen molar-refractivity contribution in [1.82, 2.24) is 4.90 Å². The molecular weight excluding hydrogens is 351 g/mol. The molecule has 1 aromatic carbocycles. The van der Waals surface area contributed by atoms with Crippen LogP contribution in [0.15, 0.2) is 18.2 Å². The second-order valence-corrected chi connectivity index (χ2v) is 6.28. The summed E-state index contributed by atoms with van der Waals surface area (Å²) in [5.41, 5.74) is 0.221. The van der Waals surface area contributed by atoms with E-state index >= 15 is 0 Å². The molecule has 25 heavy (non-hydrogen) atoms. The fourth-order valence-electron chi connectivity index (χ4n) is 2.47. The van der Waals surface area contributed by atoms with Crippen molar-refractivity contribution < 1.29 is 23.5 Å². The fraction of sp³-hybridized carbons (Fsp3) is 0.471. The van der Waals surface area contributed by atoms with Crippen LogP contribution in [-0.4, -0.2) is 41.9 Å². The normalized spacial score (nSPS) is 16.1. The monoisotopic (exact) mass is 370 g/mol. The van der Waals surface area contributed by atoms with Crippen LogP contribution in [0.1, 0.15) is 32.6 Å². The van der Waals surface area contributed by atoms with Crippen molar-refractivity contribution >= 4 is 35.1 Å². The summed E-state index contributed by atoms with van der Waals surface area (Å²) in [5.74, 6) is -1.85. The number of anilines is 1. The van der Waals surface area contributed by atoms with Crippen LogP contribution in [0.25, 0.3) is 0 Å². The van der Waals surface area contributed by atoms with Crippen LogP contribution in [-0.2, 0) is 19.1 Å². The molecule has 1 N–H and O–H groups in total. The lowest BCUT2D eigenvalue weighted by Gasteiger charge is -2.21. The SMILES string of the molecule is CC(OC(=O)CN1CCCCCC1=O)C(=O)Nc1ccc(F)cc1Cl. The maximum atomic E-state index is 13.0. The minimum absolute atomic E-state index is 0.0436. The molecule has 1 aromatic rings. The number of carbonyl (C=O) groups excluding carboxylic acids is 3. The minimum Gasteiger partial charge on any atom is -0.451 e. The Balaban J connectivity index is 1.87. The summed E-state index contributed by atoms with van der Waals surface area (Å²) >= 11 is 5.84.